The van der Waals surface area contributed by atoms with Gasteiger partial charge in [0.15, 0.2) is 0 Å². The summed E-state index contributed by atoms with van der Waals surface area (Å²) in [6.07, 6.45) is 1.29. The average molecular weight is 267 g/mol. The third-order valence-corrected chi connectivity index (χ3v) is 4.03. The number of aromatic nitrogens is 1. The smallest absolute Gasteiger partial charge is 0.237 e. The van der Waals surface area contributed by atoms with Gasteiger partial charge >= 0.3 is 0 Å². The molecule has 6 heteroatoms. The minimum Gasteiger partial charge on any atom is -0.349 e. The highest BCUT2D eigenvalue weighted by Crippen LogP contribution is 2.47. The number of aryl methyl sites for hydroxylation is 1. The largest absolute Gasteiger partial charge is 0.349 e. The second-order valence-electron chi connectivity index (χ2n) is 4.85. The van der Waals surface area contributed by atoms with Gasteiger partial charge in [-0.2, -0.15) is 0 Å². The Balaban J connectivity index is 1.94. The first kappa shape index (κ1) is 13.0. The SMILES string of the molecule is Cc1csc(CNC(=O)C2(C(=O)N(C)C)CC2)n1. The monoisotopic (exact) mass is 267 g/mol. The van der Waals surface area contributed by atoms with Gasteiger partial charge in [0.25, 0.3) is 0 Å². The van der Waals surface area contributed by atoms with E-state index in [1.54, 1.807) is 14.1 Å². The minimum atomic E-state index is -0.810. The number of carbonyl (C=O) groups is 2. The highest BCUT2D eigenvalue weighted by Gasteiger charge is 2.57. The van der Waals surface area contributed by atoms with E-state index in [1.807, 2.05) is 12.3 Å². The molecule has 2 amide bonds. The Hall–Kier alpha value is -1.43. The molecule has 18 heavy (non-hydrogen) atoms. The number of nitrogens with one attached hydrogen (secondary N) is 1. The molecule has 0 aromatic carbocycles. The lowest BCUT2D eigenvalue weighted by Crippen LogP contribution is -2.42. The summed E-state index contributed by atoms with van der Waals surface area (Å²) in [5.41, 5.74) is 0.144. The number of hydrogen-bond acceptors (Lipinski definition) is 4. The van der Waals surface area contributed by atoms with Crippen molar-refractivity contribution in [3.63, 3.8) is 0 Å². The molecule has 0 atom stereocenters. The summed E-state index contributed by atoms with van der Waals surface area (Å²) >= 11 is 1.52. The molecule has 0 bridgehead atoms. The second kappa shape index (κ2) is 4.68. The van der Waals surface area contributed by atoms with Crippen LogP contribution in [-0.2, 0) is 16.1 Å². The van der Waals surface area contributed by atoms with Crippen molar-refractivity contribution in [2.24, 2.45) is 5.41 Å². The van der Waals surface area contributed by atoms with E-state index in [9.17, 15) is 9.59 Å². The fraction of sp³-hybridized carbons (Fsp3) is 0.583. The number of hydrogen-bond donors (Lipinski definition) is 1. The van der Waals surface area contributed by atoms with Crippen molar-refractivity contribution in [2.75, 3.05) is 14.1 Å². The van der Waals surface area contributed by atoms with Crippen molar-refractivity contribution in [1.29, 1.82) is 0 Å². The summed E-state index contributed by atoms with van der Waals surface area (Å²) in [5.74, 6) is -0.274. The highest BCUT2D eigenvalue weighted by atomic mass is 32.1. The molecule has 0 saturated heterocycles. The maximum absolute atomic E-state index is 12.1. The van der Waals surface area contributed by atoms with Crippen molar-refractivity contribution in [2.45, 2.75) is 26.3 Å². The van der Waals surface area contributed by atoms with Crippen LogP contribution in [0.25, 0.3) is 0 Å². The summed E-state index contributed by atoms with van der Waals surface area (Å²) in [6.45, 7) is 2.32. The Bertz CT molecular complexity index is 477. The molecule has 1 aromatic rings. The summed E-state index contributed by atoms with van der Waals surface area (Å²) in [4.78, 5) is 29.8. The standard InChI is InChI=1S/C12H17N3O2S/c1-8-7-18-9(14-8)6-13-10(16)12(4-5-12)11(17)15(2)3/h7H,4-6H2,1-3H3,(H,13,16). The minimum absolute atomic E-state index is 0.102. The Labute approximate surface area is 110 Å². The highest BCUT2D eigenvalue weighted by molar-refractivity contribution is 7.09. The van der Waals surface area contributed by atoms with Crippen molar-refractivity contribution in [3.8, 4) is 0 Å². The molecule has 0 radical (unpaired) electrons. The molecular formula is C12H17N3O2S. The van der Waals surface area contributed by atoms with Gasteiger partial charge < -0.3 is 10.2 Å². The number of carbonyl (C=O) groups excluding carboxylic acids is 2. The second-order valence-corrected chi connectivity index (χ2v) is 5.79. The van der Waals surface area contributed by atoms with E-state index in [4.69, 9.17) is 0 Å². The number of rotatable bonds is 4. The molecule has 0 spiro atoms. The molecule has 1 fully saturated rings. The molecule has 1 saturated carbocycles. The van der Waals surface area contributed by atoms with Crippen molar-refractivity contribution < 1.29 is 9.59 Å². The van der Waals surface area contributed by atoms with Crippen LogP contribution in [0.15, 0.2) is 5.38 Å². The Morgan fingerprint density at radius 3 is 2.61 bits per heavy atom. The van der Waals surface area contributed by atoms with Crippen LogP contribution in [0.3, 0.4) is 0 Å². The Morgan fingerprint density at radius 1 is 1.50 bits per heavy atom. The van der Waals surface area contributed by atoms with Gasteiger partial charge in [-0.25, -0.2) is 4.98 Å². The zero-order valence-corrected chi connectivity index (χ0v) is 11.6. The van der Waals surface area contributed by atoms with Gasteiger partial charge in [0.2, 0.25) is 11.8 Å². The molecular weight excluding hydrogens is 250 g/mol. The van der Waals surface area contributed by atoms with Gasteiger partial charge in [0.1, 0.15) is 10.4 Å². The van der Waals surface area contributed by atoms with Crippen LogP contribution < -0.4 is 5.32 Å². The lowest BCUT2D eigenvalue weighted by atomic mass is 10.0. The van der Waals surface area contributed by atoms with Crippen LogP contribution in [0.1, 0.15) is 23.5 Å². The normalized spacial score (nSPS) is 16.2. The topological polar surface area (TPSA) is 62.3 Å². The zero-order valence-electron chi connectivity index (χ0n) is 10.8. The van der Waals surface area contributed by atoms with Crippen LogP contribution in [0.5, 0.6) is 0 Å². The summed E-state index contributed by atoms with van der Waals surface area (Å²) in [5, 5.41) is 5.63. The van der Waals surface area contributed by atoms with E-state index in [0.717, 1.165) is 10.7 Å². The fourth-order valence-electron chi connectivity index (χ4n) is 1.90. The first-order valence-electron chi connectivity index (χ1n) is 5.87. The molecule has 1 aliphatic rings. The summed E-state index contributed by atoms with van der Waals surface area (Å²) < 4.78 is 0. The van der Waals surface area contributed by atoms with E-state index >= 15 is 0 Å². The molecule has 2 rings (SSSR count). The fourth-order valence-corrected chi connectivity index (χ4v) is 2.61. The van der Waals surface area contributed by atoms with Crippen LogP contribution >= 0.6 is 11.3 Å². The van der Waals surface area contributed by atoms with Gasteiger partial charge in [-0.3, -0.25) is 9.59 Å². The third kappa shape index (κ3) is 2.38. The maximum Gasteiger partial charge on any atom is 0.237 e. The molecule has 1 heterocycles. The molecule has 1 aliphatic carbocycles. The van der Waals surface area contributed by atoms with Crippen LogP contribution in [-0.4, -0.2) is 35.8 Å². The molecule has 1 aromatic heterocycles. The zero-order chi connectivity index (χ0) is 13.3. The van der Waals surface area contributed by atoms with Crippen molar-refractivity contribution >= 4 is 23.2 Å². The average Bonchev–Trinajstić information content (AvgIpc) is 3.03. The van der Waals surface area contributed by atoms with Crippen LogP contribution in [0, 0.1) is 12.3 Å². The number of amides is 2. The third-order valence-electron chi connectivity index (χ3n) is 3.07. The van der Waals surface area contributed by atoms with Gasteiger partial charge in [0.05, 0.1) is 6.54 Å². The van der Waals surface area contributed by atoms with E-state index in [2.05, 4.69) is 10.3 Å². The van der Waals surface area contributed by atoms with E-state index in [1.165, 1.54) is 16.2 Å². The van der Waals surface area contributed by atoms with Crippen molar-refractivity contribution in [3.05, 3.63) is 16.1 Å². The molecule has 0 unspecified atom stereocenters. The molecule has 1 N–H and O–H groups in total. The Morgan fingerprint density at radius 2 is 2.17 bits per heavy atom. The van der Waals surface area contributed by atoms with Crippen LogP contribution in [0.2, 0.25) is 0 Å². The van der Waals surface area contributed by atoms with Crippen LogP contribution in [0.4, 0.5) is 0 Å². The molecule has 5 nitrogen and oxygen atoms in total. The van der Waals surface area contributed by atoms with Crippen molar-refractivity contribution in [1.82, 2.24) is 15.2 Å². The summed E-state index contributed by atoms with van der Waals surface area (Å²) in [6, 6.07) is 0. The predicted molar refractivity (Wildman–Crippen MR) is 69.1 cm³/mol. The summed E-state index contributed by atoms with van der Waals surface area (Å²) in [7, 11) is 3.36. The lowest BCUT2D eigenvalue weighted by molar-refractivity contribution is -0.142. The number of nitrogens with zero attached hydrogens (tertiary/aromatic N) is 2. The Kier molecular flexibility index (Phi) is 3.38. The lowest BCUT2D eigenvalue weighted by Gasteiger charge is -2.18. The van der Waals surface area contributed by atoms with Gasteiger partial charge in [-0.1, -0.05) is 0 Å². The first-order chi connectivity index (χ1) is 8.45. The van der Waals surface area contributed by atoms with E-state index < -0.39 is 5.41 Å². The predicted octanol–water partition coefficient (Wildman–Crippen LogP) is 0.936. The van der Waals surface area contributed by atoms with E-state index in [-0.39, 0.29) is 11.8 Å². The quantitative estimate of drug-likeness (QED) is 0.826. The van der Waals surface area contributed by atoms with E-state index in [0.29, 0.717) is 19.4 Å². The van der Waals surface area contributed by atoms with Gasteiger partial charge in [0, 0.05) is 25.2 Å². The number of thiazole rings is 1. The maximum atomic E-state index is 12.1. The molecule has 0 aliphatic heterocycles. The molecule has 98 valence electrons. The van der Waals surface area contributed by atoms with Gasteiger partial charge in [-0.05, 0) is 19.8 Å². The first-order valence-corrected chi connectivity index (χ1v) is 6.75. The van der Waals surface area contributed by atoms with Gasteiger partial charge in [-0.15, -0.1) is 11.3 Å².